The standard InChI is InChI=1S/C19H20BrN3O5/c1-11(2)23(19(24)17-13(20)7-8-27-17)10-16-21-18(22-28-16)12-5-6-14(25-3)15(9-12)26-4/h5-9,11H,10H2,1-4H3. The molecule has 0 spiro atoms. The van der Waals surface area contributed by atoms with Gasteiger partial charge < -0.3 is 23.3 Å². The van der Waals surface area contributed by atoms with Gasteiger partial charge in [-0.3, -0.25) is 4.79 Å². The summed E-state index contributed by atoms with van der Waals surface area (Å²) in [6, 6.07) is 6.91. The molecule has 0 bridgehead atoms. The Morgan fingerprint density at radius 3 is 2.57 bits per heavy atom. The highest BCUT2D eigenvalue weighted by molar-refractivity contribution is 9.10. The molecule has 1 aromatic carbocycles. The van der Waals surface area contributed by atoms with Crippen molar-refractivity contribution >= 4 is 21.8 Å². The van der Waals surface area contributed by atoms with Gasteiger partial charge in [0.15, 0.2) is 11.5 Å². The lowest BCUT2D eigenvalue weighted by molar-refractivity contribution is 0.0633. The van der Waals surface area contributed by atoms with Gasteiger partial charge in [-0.1, -0.05) is 5.16 Å². The average Bonchev–Trinajstić information content (AvgIpc) is 3.33. The molecule has 0 fully saturated rings. The van der Waals surface area contributed by atoms with Crippen molar-refractivity contribution in [2.24, 2.45) is 0 Å². The van der Waals surface area contributed by atoms with Crippen LogP contribution >= 0.6 is 15.9 Å². The molecule has 1 amide bonds. The molecule has 2 heterocycles. The monoisotopic (exact) mass is 449 g/mol. The number of hydrogen-bond acceptors (Lipinski definition) is 7. The molecule has 0 unspecified atom stereocenters. The number of nitrogens with zero attached hydrogens (tertiary/aromatic N) is 3. The summed E-state index contributed by atoms with van der Waals surface area (Å²) in [5.74, 6) is 1.84. The molecule has 0 radical (unpaired) electrons. The van der Waals surface area contributed by atoms with Gasteiger partial charge in [-0.25, -0.2) is 0 Å². The summed E-state index contributed by atoms with van der Waals surface area (Å²) < 4.78 is 21.8. The molecule has 3 aromatic rings. The van der Waals surface area contributed by atoms with E-state index in [9.17, 15) is 4.79 Å². The lowest BCUT2D eigenvalue weighted by Gasteiger charge is -2.24. The van der Waals surface area contributed by atoms with E-state index in [1.54, 1.807) is 43.4 Å². The smallest absolute Gasteiger partial charge is 0.291 e. The minimum Gasteiger partial charge on any atom is -0.493 e. The van der Waals surface area contributed by atoms with E-state index in [1.807, 2.05) is 13.8 Å². The van der Waals surface area contributed by atoms with Crippen LogP contribution in [-0.4, -0.2) is 41.2 Å². The molecule has 148 valence electrons. The number of ether oxygens (including phenoxy) is 2. The second kappa shape index (κ2) is 8.47. The fraction of sp³-hybridized carbons (Fsp3) is 0.316. The fourth-order valence-electron chi connectivity index (χ4n) is 2.62. The third-order valence-electron chi connectivity index (χ3n) is 4.11. The molecule has 0 aliphatic heterocycles. The summed E-state index contributed by atoms with van der Waals surface area (Å²) in [6.45, 7) is 3.96. The molecule has 2 aromatic heterocycles. The molecule has 0 saturated carbocycles. The number of halogens is 1. The van der Waals surface area contributed by atoms with Crippen molar-refractivity contribution in [2.45, 2.75) is 26.4 Å². The highest BCUT2D eigenvalue weighted by Crippen LogP contribution is 2.31. The first-order valence-corrected chi connectivity index (χ1v) is 9.32. The van der Waals surface area contributed by atoms with Gasteiger partial charge in [-0.05, 0) is 54.0 Å². The van der Waals surface area contributed by atoms with Gasteiger partial charge >= 0.3 is 0 Å². The van der Waals surface area contributed by atoms with E-state index in [1.165, 1.54) is 6.26 Å². The van der Waals surface area contributed by atoms with Gasteiger partial charge in [0.1, 0.15) is 6.54 Å². The van der Waals surface area contributed by atoms with Crippen LogP contribution in [0.3, 0.4) is 0 Å². The van der Waals surface area contributed by atoms with Crippen LogP contribution in [0.5, 0.6) is 11.5 Å². The second-order valence-corrected chi connectivity index (χ2v) is 7.06. The van der Waals surface area contributed by atoms with E-state index in [4.69, 9.17) is 18.4 Å². The lowest BCUT2D eigenvalue weighted by Crippen LogP contribution is -2.36. The molecule has 8 nitrogen and oxygen atoms in total. The van der Waals surface area contributed by atoms with Crippen LogP contribution in [0.15, 0.2) is 43.9 Å². The van der Waals surface area contributed by atoms with Gasteiger partial charge in [-0.15, -0.1) is 0 Å². The number of methoxy groups -OCH3 is 2. The van der Waals surface area contributed by atoms with Gasteiger partial charge in [0.25, 0.3) is 5.91 Å². The summed E-state index contributed by atoms with van der Waals surface area (Å²) >= 11 is 3.31. The minimum atomic E-state index is -0.266. The largest absolute Gasteiger partial charge is 0.493 e. The number of rotatable bonds is 7. The van der Waals surface area contributed by atoms with Crippen molar-refractivity contribution in [1.82, 2.24) is 15.0 Å². The van der Waals surface area contributed by atoms with Crippen LogP contribution < -0.4 is 9.47 Å². The molecule has 0 aliphatic rings. The summed E-state index contributed by atoms with van der Waals surface area (Å²) in [5, 5.41) is 4.02. The van der Waals surface area contributed by atoms with E-state index in [0.717, 1.165) is 0 Å². The first-order valence-electron chi connectivity index (χ1n) is 8.53. The molecule has 0 aliphatic carbocycles. The SMILES string of the molecule is COc1ccc(-c2noc(CN(C(=O)c3occc3Br)C(C)C)n2)cc1OC. The highest BCUT2D eigenvalue weighted by Gasteiger charge is 2.26. The summed E-state index contributed by atoms with van der Waals surface area (Å²) in [5.41, 5.74) is 0.712. The van der Waals surface area contributed by atoms with E-state index in [0.29, 0.717) is 33.3 Å². The molecule has 9 heteroatoms. The van der Waals surface area contributed by atoms with Crippen molar-refractivity contribution < 1.29 is 23.2 Å². The quantitative estimate of drug-likeness (QED) is 0.534. The summed E-state index contributed by atoms with van der Waals surface area (Å²) in [7, 11) is 3.13. The first-order chi connectivity index (χ1) is 13.4. The van der Waals surface area contributed by atoms with Crippen molar-refractivity contribution in [3.8, 4) is 22.9 Å². The zero-order chi connectivity index (χ0) is 20.3. The van der Waals surface area contributed by atoms with E-state index in [-0.39, 0.29) is 24.3 Å². The Kier molecular flexibility index (Phi) is 6.03. The van der Waals surface area contributed by atoms with Crippen molar-refractivity contribution in [3.05, 3.63) is 46.7 Å². The Balaban J connectivity index is 1.83. The Labute approximate surface area is 170 Å². The topological polar surface area (TPSA) is 90.8 Å². The normalized spacial score (nSPS) is 10.9. The van der Waals surface area contributed by atoms with Crippen LogP contribution in [-0.2, 0) is 6.54 Å². The number of benzene rings is 1. The van der Waals surface area contributed by atoms with Crippen LogP contribution in [0.25, 0.3) is 11.4 Å². The molecule has 28 heavy (non-hydrogen) atoms. The van der Waals surface area contributed by atoms with Crippen molar-refractivity contribution in [2.75, 3.05) is 14.2 Å². The lowest BCUT2D eigenvalue weighted by atomic mass is 10.2. The van der Waals surface area contributed by atoms with E-state index in [2.05, 4.69) is 26.1 Å². The Hall–Kier alpha value is -2.81. The number of hydrogen-bond donors (Lipinski definition) is 0. The minimum absolute atomic E-state index is 0.0964. The van der Waals surface area contributed by atoms with Gasteiger partial charge in [0.05, 0.1) is 25.0 Å². The maximum atomic E-state index is 12.8. The summed E-state index contributed by atoms with van der Waals surface area (Å²) in [4.78, 5) is 18.8. The van der Waals surface area contributed by atoms with Crippen LogP contribution in [0.1, 0.15) is 30.3 Å². The number of furan rings is 1. The van der Waals surface area contributed by atoms with Gasteiger partial charge in [-0.2, -0.15) is 4.98 Å². The summed E-state index contributed by atoms with van der Waals surface area (Å²) in [6.07, 6.45) is 1.46. The van der Waals surface area contributed by atoms with Gasteiger partial charge in [0, 0.05) is 11.6 Å². The maximum absolute atomic E-state index is 12.8. The van der Waals surface area contributed by atoms with Crippen LogP contribution in [0.2, 0.25) is 0 Å². The van der Waals surface area contributed by atoms with E-state index < -0.39 is 0 Å². The third kappa shape index (κ3) is 4.04. The number of carbonyl (C=O) groups excluding carboxylic acids is 1. The van der Waals surface area contributed by atoms with Gasteiger partial charge in [0.2, 0.25) is 17.5 Å². The number of amides is 1. The second-order valence-electron chi connectivity index (χ2n) is 6.21. The van der Waals surface area contributed by atoms with Crippen LogP contribution in [0.4, 0.5) is 0 Å². The number of aromatic nitrogens is 2. The fourth-order valence-corrected chi connectivity index (χ4v) is 2.99. The predicted octanol–water partition coefficient (Wildman–Crippen LogP) is 4.16. The molecular formula is C19H20BrN3O5. The maximum Gasteiger partial charge on any atom is 0.291 e. The van der Waals surface area contributed by atoms with E-state index >= 15 is 0 Å². The zero-order valence-electron chi connectivity index (χ0n) is 15.9. The molecule has 0 N–H and O–H groups in total. The van der Waals surface area contributed by atoms with Crippen molar-refractivity contribution in [1.29, 1.82) is 0 Å². The van der Waals surface area contributed by atoms with Crippen molar-refractivity contribution in [3.63, 3.8) is 0 Å². The third-order valence-corrected chi connectivity index (χ3v) is 4.74. The number of carbonyl (C=O) groups is 1. The highest BCUT2D eigenvalue weighted by atomic mass is 79.9. The molecule has 0 atom stereocenters. The Morgan fingerprint density at radius 1 is 1.21 bits per heavy atom. The van der Waals surface area contributed by atoms with Crippen LogP contribution in [0, 0.1) is 0 Å². The zero-order valence-corrected chi connectivity index (χ0v) is 17.5. The molecule has 0 saturated heterocycles. The molecule has 3 rings (SSSR count). The first kappa shape index (κ1) is 19.9. The Bertz CT molecular complexity index is 966. The predicted molar refractivity (Wildman–Crippen MR) is 104 cm³/mol. The Morgan fingerprint density at radius 2 is 1.96 bits per heavy atom. The molecular weight excluding hydrogens is 430 g/mol. The average molecular weight is 450 g/mol.